The third kappa shape index (κ3) is 3.54. The molecule has 0 aliphatic heterocycles. The highest BCUT2D eigenvalue weighted by molar-refractivity contribution is 5.89. The molecule has 0 saturated heterocycles. The lowest BCUT2D eigenvalue weighted by atomic mass is 10.6. The van der Waals surface area contributed by atoms with Crippen molar-refractivity contribution in [3.63, 3.8) is 0 Å². The fourth-order valence-corrected chi connectivity index (χ4v) is 1.31. The van der Waals surface area contributed by atoms with Crippen molar-refractivity contribution in [2.24, 2.45) is 0 Å². The molecule has 0 fully saturated rings. The summed E-state index contributed by atoms with van der Waals surface area (Å²) in [6.07, 6.45) is 4.59. The smallest absolute Gasteiger partial charge is 0.322 e. The van der Waals surface area contributed by atoms with E-state index in [1.165, 1.54) is 22.0 Å². The minimum absolute atomic E-state index is 0.0362. The quantitative estimate of drug-likeness (QED) is 0.711. The number of nitrogens with one attached hydrogen (secondary N) is 3. The summed E-state index contributed by atoms with van der Waals surface area (Å²) in [6, 6.07) is -0.322. The molecule has 3 N–H and O–H groups in total. The number of imidazole rings is 1. The average Bonchev–Trinajstić information content (AvgIpc) is 3.01. The average molecular weight is 278 g/mol. The van der Waals surface area contributed by atoms with Crippen molar-refractivity contribution in [3.05, 3.63) is 18.6 Å². The monoisotopic (exact) mass is 278 g/mol. The first-order chi connectivity index (χ1) is 9.54. The van der Waals surface area contributed by atoms with E-state index in [1.807, 2.05) is 0 Å². The van der Waals surface area contributed by atoms with Gasteiger partial charge in [0.2, 0.25) is 11.9 Å². The number of hydrogen-bond acceptors (Lipinski definition) is 5. The molecular formula is C10H14N8O2. The molecule has 0 aliphatic carbocycles. The Bertz CT molecular complexity index is 588. The SMILES string of the molecule is CN(C)C(=O)Nc1cn(CC(=O)Nc2ncc[nH]2)nn1. The zero-order valence-corrected chi connectivity index (χ0v) is 11.0. The van der Waals surface area contributed by atoms with Crippen LogP contribution in [0.25, 0.3) is 0 Å². The van der Waals surface area contributed by atoms with Crippen LogP contribution in [0, 0.1) is 0 Å². The molecule has 2 rings (SSSR count). The molecule has 2 aromatic rings. The normalized spacial score (nSPS) is 10.1. The highest BCUT2D eigenvalue weighted by Gasteiger charge is 2.10. The molecule has 0 bridgehead atoms. The Labute approximate surface area is 114 Å². The number of aromatic nitrogens is 5. The van der Waals surface area contributed by atoms with Crippen molar-refractivity contribution in [1.29, 1.82) is 0 Å². The summed E-state index contributed by atoms with van der Waals surface area (Å²) < 4.78 is 1.31. The number of urea groups is 1. The van der Waals surface area contributed by atoms with Gasteiger partial charge < -0.3 is 9.88 Å². The van der Waals surface area contributed by atoms with Crippen LogP contribution >= 0.6 is 0 Å². The van der Waals surface area contributed by atoms with Gasteiger partial charge in [0.15, 0.2) is 5.82 Å². The van der Waals surface area contributed by atoms with E-state index in [0.717, 1.165) is 0 Å². The number of carbonyl (C=O) groups is 2. The predicted molar refractivity (Wildman–Crippen MR) is 69.9 cm³/mol. The number of nitrogens with zero attached hydrogens (tertiary/aromatic N) is 5. The van der Waals surface area contributed by atoms with Crippen LogP contribution in [0.5, 0.6) is 0 Å². The number of hydrogen-bond donors (Lipinski definition) is 3. The van der Waals surface area contributed by atoms with Crippen LogP contribution in [0.2, 0.25) is 0 Å². The molecular weight excluding hydrogens is 264 g/mol. The Morgan fingerprint density at radius 2 is 2.20 bits per heavy atom. The first kappa shape index (κ1) is 13.5. The molecule has 0 saturated carbocycles. The first-order valence-corrected chi connectivity index (χ1v) is 5.72. The zero-order chi connectivity index (χ0) is 14.5. The Hall–Kier alpha value is -2.91. The van der Waals surface area contributed by atoms with Gasteiger partial charge in [0.1, 0.15) is 6.54 Å². The number of H-pyrrole nitrogens is 1. The van der Waals surface area contributed by atoms with Crippen molar-refractivity contribution in [3.8, 4) is 0 Å². The molecule has 20 heavy (non-hydrogen) atoms. The number of aromatic amines is 1. The molecule has 10 heteroatoms. The molecule has 0 atom stereocenters. The third-order valence-corrected chi connectivity index (χ3v) is 2.24. The second-order valence-corrected chi connectivity index (χ2v) is 4.11. The summed E-state index contributed by atoms with van der Waals surface area (Å²) in [5, 5.41) is 12.6. The molecule has 0 aromatic carbocycles. The van der Waals surface area contributed by atoms with Crippen molar-refractivity contribution in [2.75, 3.05) is 24.7 Å². The van der Waals surface area contributed by atoms with E-state index in [9.17, 15) is 9.59 Å². The second-order valence-electron chi connectivity index (χ2n) is 4.11. The van der Waals surface area contributed by atoms with Crippen molar-refractivity contribution < 1.29 is 9.59 Å². The topological polar surface area (TPSA) is 121 Å². The van der Waals surface area contributed by atoms with E-state index in [0.29, 0.717) is 5.95 Å². The van der Waals surface area contributed by atoms with Gasteiger partial charge in [-0.3, -0.25) is 15.4 Å². The largest absolute Gasteiger partial charge is 0.331 e. The number of amides is 3. The van der Waals surface area contributed by atoms with E-state index in [2.05, 4.69) is 30.9 Å². The number of rotatable bonds is 4. The van der Waals surface area contributed by atoms with Crippen LogP contribution in [-0.4, -0.2) is 55.9 Å². The lowest BCUT2D eigenvalue weighted by molar-refractivity contribution is -0.117. The second kappa shape index (κ2) is 5.82. The Morgan fingerprint density at radius 3 is 2.85 bits per heavy atom. The van der Waals surface area contributed by atoms with Crippen LogP contribution in [0.15, 0.2) is 18.6 Å². The zero-order valence-electron chi connectivity index (χ0n) is 11.0. The predicted octanol–water partition coefficient (Wildman–Crippen LogP) is -0.267. The van der Waals surface area contributed by atoms with E-state index in [4.69, 9.17) is 0 Å². The Kier molecular flexibility index (Phi) is 3.93. The van der Waals surface area contributed by atoms with Gasteiger partial charge in [-0.05, 0) is 0 Å². The maximum absolute atomic E-state index is 11.7. The number of carbonyl (C=O) groups excluding carboxylic acids is 2. The maximum atomic E-state index is 11.7. The summed E-state index contributed by atoms with van der Waals surface area (Å²) in [5.74, 6) is 0.320. The van der Waals surface area contributed by atoms with E-state index in [1.54, 1.807) is 20.3 Å². The molecule has 0 unspecified atom stereocenters. The first-order valence-electron chi connectivity index (χ1n) is 5.72. The van der Waals surface area contributed by atoms with Gasteiger partial charge in [-0.2, -0.15) is 0 Å². The van der Waals surface area contributed by atoms with Gasteiger partial charge in [0.25, 0.3) is 0 Å². The van der Waals surface area contributed by atoms with Crippen LogP contribution in [0.3, 0.4) is 0 Å². The van der Waals surface area contributed by atoms with Gasteiger partial charge in [-0.1, -0.05) is 5.21 Å². The Morgan fingerprint density at radius 1 is 1.40 bits per heavy atom. The van der Waals surface area contributed by atoms with Gasteiger partial charge in [-0.25, -0.2) is 14.5 Å². The minimum Gasteiger partial charge on any atom is -0.331 e. The molecule has 2 heterocycles. The molecule has 2 aromatic heterocycles. The summed E-state index contributed by atoms with van der Waals surface area (Å²) in [7, 11) is 3.22. The molecule has 0 radical (unpaired) electrons. The van der Waals surface area contributed by atoms with Gasteiger partial charge in [-0.15, -0.1) is 5.10 Å². The lowest BCUT2D eigenvalue weighted by Crippen LogP contribution is -2.27. The highest BCUT2D eigenvalue weighted by atomic mass is 16.2. The van der Waals surface area contributed by atoms with Crippen molar-refractivity contribution >= 4 is 23.7 Å². The van der Waals surface area contributed by atoms with Gasteiger partial charge in [0, 0.05) is 26.5 Å². The Balaban J connectivity index is 1.89. The summed E-state index contributed by atoms with van der Waals surface area (Å²) in [4.78, 5) is 31.0. The van der Waals surface area contributed by atoms with E-state index < -0.39 is 0 Å². The standard InChI is InChI=1S/C10H14N8O2/c1-17(2)10(20)13-7-5-18(16-15-7)6-8(19)14-9-11-3-4-12-9/h3-5H,6H2,1-2H3,(H,13,20)(H2,11,12,14,19). The number of anilines is 2. The minimum atomic E-state index is -0.322. The molecule has 3 amide bonds. The van der Waals surface area contributed by atoms with Crippen molar-refractivity contribution in [1.82, 2.24) is 29.9 Å². The van der Waals surface area contributed by atoms with Crippen molar-refractivity contribution in [2.45, 2.75) is 6.54 Å². The molecule has 0 spiro atoms. The van der Waals surface area contributed by atoms with Crippen LogP contribution in [-0.2, 0) is 11.3 Å². The molecule has 106 valence electrons. The van der Waals surface area contributed by atoms with Crippen LogP contribution < -0.4 is 10.6 Å². The van der Waals surface area contributed by atoms with Crippen LogP contribution in [0.1, 0.15) is 0 Å². The van der Waals surface area contributed by atoms with Crippen LogP contribution in [0.4, 0.5) is 16.6 Å². The fraction of sp³-hybridized carbons (Fsp3) is 0.300. The van der Waals surface area contributed by atoms with E-state index in [-0.39, 0.29) is 24.3 Å². The van der Waals surface area contributed by atoms with Gasteiger partial charge >= 0.3 is 6.03 Å². The molecule has 10 nitrogen and oxygen atoms in total. The van der Waals surface area contributed by atoms with E-state index >= 15 is 0 Å². The van der Waals surface area contributed by atoms with Gasteiger partial charge in [0.05, 0.1) is 6.20 Å². The fourth-order valence-electron chi connectivity index (χ4n) is 1.31. The summed E-state index contributed by atoms with van der Waals surface area (Å²) in [6.45, 7) is -0.0362. The maximum Gasteiger partial charge on any atom is 0.322 e. The molecule has 0 aliphatic rings. The third-order valence-electron chi connectivity index (χ3n) is 2.24. The summed E-state index contributed by atoms with van der Waals surface area (Å²) >= 11 is 0. The highest BCUT2D eigenvalue weighted by Crippen LogP contribution is 2.02. The summed E-state index contributed by atoms with van der Waals surface area (Å²) in [5.41, 5.74) is 0. The lowest BCUT2D eigenvalue weighted by Gasteiger charge is -2.08.